The minimum absolute atomic E-state index is 0.0290. The van der Waals surface area contributed by atoms with E-state index < -0.39 is 15.6 Å². The quantitative estimate of drug-likeness (QED) is 0.828. The second-order valence-electron chi connectivity index (χ2n) is 4.35. The van der Waals surface area contributed by atoms with Crippen LogP contribution in [0.15, 0.2) is 15.7 Å². The minimum atomic E-state index is -3.75. The molecule has 0 bridgehead atoms. The van der Waals surface area contributed by atoms with E-state index in [0.29, 0.717) is 6.54 Å². The molecule has 0 aliphatic carbocycles. The van der Waals surface area contributed by atoms with Gasteiger partial charge in [0, 0.05) is 19.0 Å². The average Bonchev–Trinajstić information content (AvgIpc) is 2.75. The molecule has 18 heavy (non-hydrogen) atoms. The molecule has 1 aromatic rings. The maximum Gasteiger partial charge on any atom is 0.252 e. The number of carbonyl (C=O) groups is 1. The lowest BCUT2D eigenvalue weighted by molar-refractivity contribution is 0.0229. The lowest BCUT2D eigenvalue weighted by Crippen LogP contribution is -2.39. The number of primary sulfonamides is 1. The Balaban J connectivity index is 2.72. The van der Waals surface area contributed by atoms with Gasteiger partial charge in [-0.1, -0.05) is 0 Å². The molecule has 0 aliphatic rings. The summed E-state index contributed by atoms with van der Waals surface area (Å²) in [5, 5.41) is 9.08. The highest BCUT2D eigenvalue weighted by Gasteiger charge is 2.19. The minimum Gasteiger partial charge on any atom is -0.377 e. The Kier molecular flexibility index (Phi) is 4.49. The van der Waals surface area contributed by atoms with Gasteiger partial charge in [-0.2, -0.15) is 0 Å². The van der Waals surface area contributed by atoms with Gasteiger partial charge in [-0.05, 0) is 19.9 Å². The van der Waals surface area contributed by atoms with E-state index in [1.54, 1.807) is 7.11 Å². The molecule has 0 spiro atoms. The van der Waals surface area contributed by atoms with Crippen molar-refractivity contribution in [2.75, 3.05) is 13.7 Å². The molecular weight excluding hydrogens is 276 g/mol. The number of ether oxygens (including phenoxy) is 1. The van der Waals surface area contributed by atoms with Crippen LogP contribution in [0.2, 0.25) is 0 Å². The Hall–Kier alpha value is -0.960. The van der Waals surface area contributed by atoms with Gasteiger partial charge in [-0.3, -0.25) is 4.79 Å². The van der Waals surface area contributed by atoms with E-state index in [2.05, 4.69) is 5.32 Å². The van der Waals surface area contributed by atoms with Gasteiger partial charge in [-0.15, -0.1) is 11.3 Å². The molecule has 0 aromatic carbocycles. The fraction of sp³-hybridized carbons (Fsp3) is 0.500. The molecule has 0 unspecified atom stereocenters. The van der Waals surface area contributed by atoms with Crippen molar-refractivity contribution in [2.45, 2.75) is 23.7 Å². The van der Waals surface area contributed by atoms with Crippen LogP contribution >= 0.6 is 11.3 Å². The predicted octanol–water partition coefficient (Wildman–Crippen LogP) is 0.550. The summed E-state index contributed by atoms with van der Waals surface area (Å²) in [6.07, 6.45) is 0. The van der Waals surface area contributed by atoms with E-state index in [4.69, 9.17) is 9.88 Å². The number of amides is 1. The number of rotatable bonds is 5. The number of hydrogen-bond acceptors (Lipinski definition) is 5. The van der Waals surface area contributed by atoms with E-state index in [1.807, 2.05) is 13.8 Å². The number of thiophene rings is 1. The normalized spacial score (nSPS) is 12.4. The lowest BCUT2D eigenvalue weighted by atomic mass is 10.1. The largest absolute Gasteiger partial charge is 0.377 e. The maximum absolute atomic E-state index is 11.8. The average molecular weight is 292 g/mol. The summed E-state index contributed by atoms with van der Waals surface area (Å²) in [5.41, 5.74) is -0.204. The molecule has 0 aliphatic heterocycles. The SMILES string of the molecule is COC(C)(C)CNC(=O)c1csc(S(N)(=O)=O)c1. The highest BCUT2D eigenvalue weighted by atomic mass is 32.2. The first-order chi connectivity index (χ1) is 8.15. The smallest absolute Gasteiger partial charge is 0.252 e. The number of nitrogens with two attached hydrogens (primary N) is 1. The summed E-state index contributed by atoms with van der Waals surface area (Å²) >= 11 is 0.919. The first-order valence-corrected chi connectivity index (χ1v) is 7.53. The zero-order chi connectivity index (χ0) is 14.0. The van der Waals surface area contributed by atoms with Gasteiger partial charge in [0.25, 0.3) is 5.91 Å². The third kappa shape index (κ3) is 4.05. The van der Waals surface area contributed by atoms with Crippen LogP contribution in [-0.4, -0.2) is 33.6 Å². The zero-order valence-electron chi connectivity index (χ0n) is 10.4. The summed E-state index contributed by atoms with van der Waals surface area (Å²) in [5.74, 6) is -0.355. The van der Waals surface area contributed by atoms with Crippen LogP contribution in [0.3, 0.4) is 0 Å². The third-order valence-electron chi connectivity index (χ3n) is 2.35. The third-order valence-corrected chi connectivity index (χ3v) is 4.73. The van der Waals surface area contributed by atoms with E-state index in [-0.39, 0.29) is 15.7 Å². The lowest BCUT2D eigenvalue weighted by Gasteiger charge is -2.22. The van der Waals surface area contributed by atoms with Crippen LogP contribution in [0.1, 0.15) is 24.2 Å². The zero-order valence-corrected chi connectivity index (χ0v) is 12.0. The van der Waals surface area contributed by atoms with Gasteiger partial charge < -0.3 is 10.1 Å². The van der Waals surface area contributed by atoms with Crippen LogP contribution in [-0.2, 0) is 14.8 Å². The van der Waals surface area contributed by atoms with Gasteiger partial charge in [0.1, 0.15) is 4.21 Å². The molecule has 0 saturated heterocycles. The summed E-state index contributed by atoms with van der Waals surface area (Å²) < 4.78 is 27.3. The van der Waals surface area contributed by atoms with Crippen molar-refractivity contribution in [2.24, 2.45) is 5.14 Å². The highest BCUT2D eigenvalue weighted by Crippen LogP contribution is 2.18. The van der Waals surface area contributed by atoms with Gasteiger partial charge in [0.05, 0.1) is 11.2 Å². The van der Waals surface area contributed by atoms with Gasteiger partial charge in [0.15, 0.2) is 0 Å². The van der Waals surface area contributed by atoms with Crippen molar-refractivity contribution < 1.29 is 17.9 Å². The number of hydrogen-bond donors (Lipinski definition) is 2. The van der Waals surface area contributed by atoms with Crippen molar-refractivity contribution in [3.8, 4) is 0 Å². The first-order valence-electron chi connectivity index (χ1n) is 5.10. The molecule has 3 N–H and O–H groups in total. The Morgan fingerprint density at radius 2 is 2.17 bits per heavy atom. The summed E-state index contributed by atoms with van der Waals surface area (Å²) in [7, 11) is -2.20. The standard InChI is InChI=1S/C10H16N2O4S2/c1-10(2,16-3)6-12-9(13)7-4-8(17-5-7)18(11,14)15/h4-5H,6H2,1-3H3,(H,12,13)(H2,11,14,15). The number of sulfonamides is 1. The Morgan fingerprint density at radius 1 is 1.56 bits per heavy atom. The monoisotopic (exact) mass is 292 g/mol. The van der Waals surface area contributed by atoms with E-state index >= 15 is 0 Å². The number of methoxy groups -OCH3 is 1. The molecule has 0 atom stereocenters. The summed E-state index contributed by atoms with van der Waals surface area (Å²) in [6, 6.07) is 1.26. The van der Waals surface area contributed by atoms with E-state index in [1.165, 1.54) is 11.4 Å². The Bertz CT molecular complexity index is 534. The molecule has 6 nitrogen and oxygen atoms in total. The fourth-order valence-electron chi connectivity index (χ4n) is 1.05. The second kappa shape index (κ2) is 5.35. The van der Waals surface area contributed by atoms with Crippen molar-refractivity contribution >= 4 is 27.3 Å². The summed E-state index contributed by atoms with van der Waals surface area (Å²) in [6.45, 7) is 3.98. The van der Waals surface area contributed by atoms with Crippen LogP contribution in [0.5, 0.6) is 0 Å². The Labute approximate surface area is 110 Å². The molecule has 0 fully saturated rings. The van der Waals surface area contributed by atoms with Crippen LogP contribution in [0.4, 0.5) is 0 Å². The molecule has 102 valence electrons. The second-order valence-corrected chi connectivity index (χ2v) is 7.05. The van der Waals surface area contributed by atoms with Gasteiger partial charge in [0.2, 0.25) is 10.0 Å². The van der Waals surface area contributed by atoms with E-state index in [9.17, 15) is 13.2 Å². The topological polar surface area (TPSA) is 98.5 Å². The van der Waals surface area contributed by atoms with Crippen molar-refractivity contribution in [3.05, 3.63) is 17.0 Å². The molecule has 1 amide bonds. The predicted molar refractivity (Wildman–Crippen MR) is 69.1 cm³/mol. The van der Waals surface area contributed by atoms with Crippen LogP contribution in [0, 0.1) is 0 Å². The molecule has 0 saturated carbocycles. The van der Waals surface area contributed by atoms with Crippen molar-refractivity contribution in [1.82, 2.24) is 5.32 Å². The summed E-state index contributed by atoms with van der Waals surface area (Å²) in [4.78, 5) is 11.8. The molecule has 1 aromatic heterocycles. The number of nitrogens with one attached hydrogen (secondary N) is 1. The maximum atomic E-state index is 11.8. The first kappa shape index (κ1) is 15.1. The molecule has 1 heterocycles. The molecule has 0 radical (unpaired) electrons. The van der Waals surface area contributed by atoms with Gasteiger partial charge in [-0.25, -0.2) is 13.6 Å². The highest BCUT2D eigenvalue weighted by molar-refractivity contribution is 7.91. The molecule has 1 rings (SSSR count). The van der Waals surface area contributed by atoms with E-state index in [0.717, 1.165) is 11.3 Å². The van der Waals surface area contributed by atoms with Crippen molar-refractivity contribution in [1.29, 1.82) is 0 Å². The van der Waals surface area contributed by atoms with Crippen molar-refractivity contribution in [3.63, 3.8) is 0 Å². The number of carbonyl (C=O) groups excluding carboxylic acids is 1. The van der Waals surface area contributed by atoms with Crippen LogP contribution < -0.4 is 10.5 Å². The fourth-order valence-corrected chi connectivity index (χ4v) is 2.64. The molecular formula is C10H16N2O4S2. The molecule has 8 heteroatoms. The van der Waals surface area contributed by atoms with Gasteiger partial charge >= 0.3 is 0 Å². The van der Waals surface area contributed by atoms with Crippen LogP contribution in [0.25, 0.3) is 0 Å². The Morgan fingerprint density at radius 3 is 2.61 bits per heavy atom.